The summed E-state index contributed by atoms with van der Waals surface area (Å²) in [5.74, 6) is 0.871. The zero-order chi connectivity index (χ0) is 13.4. The van der Waals surface area contributed by atoms with Crippen molar-refractivity contribution >= 4 is 33.5 Å². The molecule has 0 saturated carbocycles. The predicted molar refractivity (Wildman–Crippen MR) is 80.2 cm³/mol. The van der Waals surface area contributed by atoms with E-state index in [1.165, 1.54) is 0 Å². The minimum Gasteiger partial charge on any atom is -0.478 e. The fraction of sp³-hybridized carbons (Fsp3) is 0. The Hall–Kier alpha value is -1.75. The largest absolute Gasteiger partial charge is 0.478 e. The third kappa shape index (κ3) is 2.46. The topological polar surface area (TPSA) is 32.3 Å². The number of aromatic nitrogens is 2. The van der Waals surface area contributed by atoms with E-state index in [0.717, 1.165) is 22.2 Å². The first-order valence-electron chi connectivity index (χ1n) is 6.17. The van der Waals surface area contributed by atoms with Crippen LogP contribution in [0.4, 0.5) is 22.2 Å². The molecule has 0 fully saturated rings. The van der Waals surface area contributed by atoms with Crippen LogP contribution in [0.2, 0.25) is 0 Å². The first-order chi connectivity index (χ1) is 9.93. The van der Waals surface area contributed by atoms with Crippen molar-refractivity contribution in [3.63, 3.8) is 0 Å². The van der Waals surface area contributed by atoms with Gasteiger partial charge in [0.1, 0.15) is 12.1 Å². The molecule has 3 heterocycles. The molecule has 2 aromatic heterocycles. The maximum Gasteiger partial charge on any atom is 0.128 e. The summed E-state index contributed by atoms with van der Waals surface area (Å²) in [6.45, 7) is 2.02. The average Bonchev–Trinajstić information content (AvgIpc) is 3.15. The summed E-state index contributed by atoms with van der Waals surface area (Å²) in [7, 11) is 0. The Bertz CT molecular complexity index is 718. The molecule has 0 bridgehead atoms. The molecule has 0 N–H and O–H groups in total. The molecule has 6 heteroatoms. The number of anilines is 4. The normalized spacial score (nSPS) is 13.0. The van der Waals surface area contributed by atoms with E-state index < -0.39 is 0 Å². The number of fused-ring (bicyclic) bond motifs is 1. The first-order valence-corrected chi connectivity index (χ1v) is 7.05. The maximum atomic E-state index is 4.40. The Labute approximate surface area is 140 Å². The summed E-state index contributed by atoms with van der Waals surface area (Å²) in [5.41, 5.74) is 1.94. The van der Waals surface area contributed by atoms with Crippen LogP contribution in [0.1, 0.15) is 0 Å². The Morgan fingerprint density at radius 1 is 1.14 bits per heavy atom. The predicted octanol–water partition coefficient (Wildman–Crippen LogP) is 3.74. The van der Waals surface area contributed by atoms with Crippen LogP contribution in [0.5, 0.6) is 0 Å². The van der Waals surface area contributed by atoms with E-state index in [0.29, 0.717) is 0 Å². The van der Waals surface area contributed by atoms with Gasteiger partial charge in [-0.25, -0.2) is 9.97 Å². The third-order valence-corrected chi connectivity index (χ3v) is 3.95. The Morgan fingerprint density at radius 3 is 2.86 bits per heavy atom. The molecule has 3 aromatic rings. The van der Waals surface area contributed by atoms with Gasteiger partial charge >= 0.3 is 0 Å². The van der Waals surface area contributed by atoms with E-state index in [2.05, 4.69) is 32.4 Å². The quantitative estimate of drug-likeness (QED) is 0.534. The molecule has 0 amide bonds. The van der Waals surface area contributed by atoms with Crippen LogP contribution in [0.3, 0.4) is 0 Å². The fourth-order valence-electron chi connectivity index (χ4n) is 2.20. The minimum atomic E-state index is 0. The maximum absolute atomic E-state index is 4.40. The molecule has 1 aliphatic heterocycles. The summed E-state index contributed by atoms with van der Waals surface area (Å²) in [5, 5.41) is 3.20. The second-order valence-corrected chi connectivity index (χ2v) is 5.21. The molecule has 0 saturated heterocycles. The molecular formula is C15H10IrN4S-2. The van der Waals surface area contributed by atoms with E-state index in [1.807, 2.05) is 48.1 Å². The van der Waals surface area contributed by atoms with E-state index in [9.17, 15) is 0 Å². The summed E-state index contributed by atoms with van der Waals surface area (Å²) < 4.78 is 0. The number of hydrogen-bond acceptors (Lipinski definition) is 5. The molecule has 0 atom stereocenters. The van der Waals surface area contributed by atoms with Gasteiger partial charge in [0.15, 0.2) is 0 Å². The zero-order valence-electron chi connectivity index (χ0n) is 10.8. The molecule has 1 aliphatic rings. The van der Waals surface area contributed by atoms with E-state index in [1.54, 1.807) is 17.7 Å². The number of para-hydroxylation sites is 1. The van der Waals surface area contributed by atoms with Crippen molar-refractivity contribution in [3.8, 4) is 0 Å². The second-order valence-electron chi connectivity index (χ2n) is 4.29. The molecule has 4 rings (SSSR count). The minimum absolute atomic E-state index is 0. The van der Waals surface area contributed by atoms with Gasteiger partial charge in [0.2, 0.25) is 0 Å². The van der Waals surface area contributed by atoms with Crippen LogP contribution < -0.4 is 9.80 Å². The third-order valence-electron chi connectivity index (χ3n) is 3.09. The average molecular weight is 471 g/mol. The van der Waals surface area contributed by atoms with Gasteiger partial charge in [-0.1, -0.05) is 0 Å². The van der Waals surface area contributed by atoms with Crippen molar-refractivity contribution in [1.29, 1.82) is 0 Å². The first kappa shape index (κ1) is 14.2. The molecule has 21 heavy (non-hydrogen) atoms. The second kappa shape index (κ2) is 5.93. The summed E-state index contributed by atoms with van der Waals surface area (Å²) in [6, 6.07) is 15.2. The Morgan fingerprint density at radius 2 is 2.10 bits per heavy atom. The van der Waals surface area contributed by atoms with Crippen molar-refractivity contribution in [2.45, 2.75) is 0 Å². The number of nitrogens with zero attached hydrogens (tertiary/aromatic N) is 4. The molecule has 1 aromatic carbocycles. The molecular weight excluding hydrogens is 460 g/mol. The van der Waals surface area contributed by atoms with Crippen molar-refractivity contribution < 1.29 is 20.1 Å². The van der Waals surface area contributed by atoms with E-state index in [4.69, 9.17) is 0 Å². The smallest absolute Gasteiger partial charge is 0.128 e. The van der Waals surface area contributed by atoms with Gasteiger partial charge < -0.3 is 9.80 Å². The standard InChI is InChI=1S/C15H10N4S.Ir/c1-2-5-12(6-3-1)18-11-19(14-7-4-8-20-14)13-9-16-10-17-15(13)18;/h1-5,7-11H;/q-2;. The van der Waals surface area contributed by atoms with Gasteiger partial charge in [-0.2, -0.15) is 30.3 Å². The number of hydrogen-bond donors (Lipinski definition) is 0. The SMILES string of the molecule is [Ir].[c-]1ccccc1N1[CH-]N(c2cccs2)c2cncnc21. The Balaban J connectivity index is 0.00000132. The van der Waals surface area contributed by atoms with Gasteiger partial charge in [0, 0.05) is 20.1 Å². The zero-order valence-corrected chi connectivity index (χ0v) is 14.0. The molecule has 0 aliphatic carbocycles. The molecule has 0 unspecified atom stereocenters. The van der Waals surface area contributed by atoms with Crippen LogP contribution >= 0.6 is 11.3 Å². The number of thiophene rings is 1. The van der Waals surface area contributed by atoms with Gasteiger partial charge in [0.05, 0.1) is 16.9 Å². The number of rotatable bonds is 2. The van der Waals surface area contributed by atoms with Crippen molar-refractivity contribution in [2.75, 3.05) is 9.80 Å². The van der Waals surface area contributed by atoms with Crippen LogP contribution in [0.25, 0.3) is 0 Å². The molecule has 0 spiro atoms. The molecule has 4 nitrogen and oxygen atoms in total. The van der Waals surface area contributed by atoms with E-state index in [-0.39, 0.29) is 20.1 Å². The van der Waals surface area contributed by atoms with Crippen LogP contribution in [-0.2, 0) is 20.1 Å². The molecule has 107 valence electrons. The van der Waals surface area contributed by atoms with Crippen molar-refractivity contribution in [1.82, 2.24) is 9.97 Å². The van der Waals surface area contributed by atoms with Gasteiger partial charge in [-0.05, 0) is 17.5 Å². The monoisotopic (exact) mass is 471 g/mol. The van der Waals surface area contributed by atoms with Crippen LogP contribution in [-0.4, -0.2) is 9.97 Å². The fourth-order valence-corrected chi connectivity index (χ4v) is 2.91. The van der Waals surface area contributed by atoms with Gasteiger partial charge in [-0.3, -0.25) is 0 Å². The van der Waals surface area contributed by atoms with Crippen molar-refractivity contribution in [2.24, 2.45) is 0 Å². The summed E-state index contributed by atoms with van der Waals surface area (Å²) >= 11 is 1.68. The van der Waals surface area contributed by atoms with E-state index >= 15 is 0 Å². The number of benzene rings is 1. The van der Waals surface area contributed by atoms with Gasteiger partial charge in [-0.15, -0.1) is 23.7 Å². The van der Waals surface area contributed by atoms with Crippen LogP contribution in [0.15, 0.2) is 54.3 Å². The van der Waals surface area contributed by atoms with Crippen molar-refractivity contribution in [3.05, 3.63) is 67.0 Å². The summed E-state index contributed by atoms with van der Waals surface area (Å²) in [4.78, 5) is 12.7. The summed E-state index contributed by atoms with van der Waals surface area (Å²) in [6.07, 6.45) is 3.40. The molecule has 1 radical (unpaired) electrons. The van der Waals surface area contributed by atoms with Gasteiger partial charge in [0.25, 0.3) is 0 Å². The van der Waals surface area contributed by atoms with Crippen LogP contribution in [0, 0.1) is 12.7 Å². The Kier molecular flexibility index (Phi) is 4.01.